The molecule has 0 unspecified atom stereocenters. The van der Waals surface area contributed by atoms with Crippen LogP contribution in [0.3, 0.4) is 0 Å². The molecule has 1 amide bonds. The number of hydrogen-bond acceptors (Lipinski definition) is 5. The molecule has 0 saturated carbocycles. The second-order valence-corrected chi connectivity index (χ2v) is 8.80. The summed E-state index contributed by atoms with van der Waals surface area (Å²) in [6.45, 7) is 3.92. The Hall–Kier alpha value is -3.71. The standard InChI is InChI=1S/C24H21N5OS/c1-14(2)27-24(30)23-11-16-4-3-15(10-22(16)31-23)21-12-19(7-8-25-21)28-18-5-6-20-17(9-18)13-26-29-20/h3-14H,1-2H3,(H,25,28)(H,26,29)(H,27,30). The van der Waals surface area contributed by atoms with E-state index in [1.165, 1.54) is 11.3 Å². The van der Waals surface area contributed by atoms with E-state index in [1.54, 1.807) is 6.20 Å². The second kappa shape index (κ2) is 7.85. The number of nitrogens with one attached hydrogen (secondary N) is 3. The van der Waals surface area contributed by atoms with Crippen LogP contribution >= 0.6 is 11.3 Å². The van der Waals surface area contributed by atoms with Crippen molar-refractivity contribution in [2.75, 3.05) is 5.32 Å². The maximum Gasteiger partial charge on any atom is 0.261 e. The predicted octanol–water partition coefficient (Wildman–Crippen LogP) is 5.72. The number of fused-ring (bicyclic) bond motifs is 2. The molecule has 0 saturated heterocycles. The quantitative estimate of drug-likeness (QED) is 0.335. The minimum atomic E-state index is -0.0309. The van der Waals surface area contributed by atoms with Crippen LogP contribution in [0.5, 0.6) is 0 Å². The van der Waals surface area contributed by atoms with Crippen molar-refractivity contribution in [1.29, 1.82) is 0 Å². The Kier molecular flexibility index (Phi) is 4.88. The second-order valence-electron chi connectivity index (χ2n) is 7.72. The summed E-state index contributed by atoms with van der Waals surface area (Å²) in [6, 6.07) is 18.3. The lowest BCUT2D eigenvalue weighted by Gasteiger charge is -2.08. The van der Waals surface area contributed by atoms with Gasteiger partial charge in [0.15, 0.2) is 0 Å². The van der Waals surface area contributed by atoms with Crippen LogP contribution in [0, 0.1) is 0 Å². The molecule has 31 heavy (non-hydrogen) atoms. The van der Waals surface area contributed by atoms with E-state index in [9.17, 15) is 4.79 Å². The Labute approximate surface area is 183 Å². The van der Waals surface area contributed by atoms with Gasteiger partial charge >= 0.3 is 0 Å². The summed E-state index contributed by atoms with van der Waals surface area (Å²) >= 11 is 1.50. The number of carbonyl (C=O) groups is 1. The highest BCUT2D eigenvalue weighted by molar-refractivity contribution is 7.20. The number of amides is 1. The van der Waals surface area contributed by atoms with Gasteiger partial charge in [-0.3, -0.25) is 14.9 Å². The van der Waals surface area contributed by atoms with E-state index in [2.05, 4.69) is 37.9 Å². The summed E-state index contributed by atoms with van der Waals surface area (Å²) in [5.41, 5.74) is 4.83. The van der Waals surface area contributed by atoms with E-state index in [4.69, 9.17) is 0 Å². The third kappa shape index (κ3) is 4.00. The fourth-order valence-corrected chi connectivity index (χ4v) is 4.49. The number of carbonyl (C=O) groups excluding carboxylic acids is 1. The van der Waals surface area contributed by atoms with Crippen molar-refractivity contribution in [3.05, 3.63) is 71.9 Å². The van der Waals surface area contributed by atoms with E-state index >= 15 is 0 Å². The molecule has 0 aliphatic heterocycles. The molecule has 0 aliphatic carbocycles. The maximum atomic E-state index is 12.3. The van der Waals surface area contributed by atoms with Gasteiger partial charge in [-0.25, -0.2) is 0 Å². The predicted molar refractivity (Wildman–Crippen MR) is 127 cm³/mol. The van der Waals surface area contributed by atoms with E-state index in [0.29, 0.717) is 0 Å². The Morgan fingerprint density at radius 2 is 1.87 bits per heavy atom. The number of anilines is 2. The molecule has 7 heteroatoms. The van der Waals surface area contributed by atoms with Crippen LogP contribution < -0.4 is 10.6 Å². The average molecular weight is 428 g/mol. The normalized spacial score (nSPS) is 11.3. The topological polar surface area (TPSA) is 82.7 Å². The van der Waals surface area contributed by atoms with Crippen molar-refractivity contribution in [2.45, 2.75) is 19.9 Å². The molecule has 2 aromatic carbocycles. The number of nitrogens with zero attached hydrogens (tertiary/aromatic N) is 2. The fourth-order valence-electron chi connectivity index (χ4n) is 3.49. The third-order valence-corrected chi connectivity index (χ3v) is 6.04. The highest BCUT2D eigenvalue weighted by Gasteiger charge is 2.12. The zero-order valence-electron chi connectivity index (χ0n) is 17.1. The van der Waals surface area contributed by atoms with Crippen LogP contribution in [-0.2, 0) is 0 Å². The zero-order valence-corrected chi connectivity index (χ0v) is 18.0. The molecule has 0 bridgehead atoms. The van der Waals surface area contributed by atoms with Crippen molar-refractivity contribution < 1.29 is 4.79 Å². The summed E-state index contributed by atoms with van der Waals surface area (Å²) in [5, 5.41) is 15.5. The first-order valence-electron chi connectivity index (χ1n) is 10.1. The van der Waals surface area contributed by atoms with Crippen LogP contribution in [0.1, 0.15) is 23.5 Å². The van der Waals surface area contributed by atoms with Gasteiger partial charge in [0.1, 0.15) is 0 Å². The number of aromatic amines is 1. The molecule has 5 rings (SSSR count). The Bertz CT molecular complexity index is 1400. The lowest BCUT2D eigenvalue weighted by molar-refractivity contribution is 0.0947. The van der Waals surface area contributed by atoms with Gasteiger partial charge in [0.25, 0.3) is 5.91 Å². The molecule has 3 N–H and O–H groups in total. The molecule has 0 aliphatic rings. The van der Waals surface area contributed by atoms with E-state index in [1.807, 2.05) is 62.5 Å². The molecule has 154 valence electrons. The minimum absolute atomic E-state index is 0.0309. The summed E-state index contributed by atoms with van der Waals surface area (Å²) in [5.74, 6) is -0.0309. The number of benzene rings is 2. The fraction of sp³-hybridized carbons (Fsp3) is 0.125. The minimum Gasteiger partial charge on any atom is -0.355 e. The van der Waals surface area contributed by atoms with Gasteiger partial charge < -0.3 is 10.6 Å². The van der Waals surface area contributed by atoms with Crippen LogP contribution in [0.4, 0.5) is 11.4 Å². The molecule has 0 fully saturated rings. The Morgan fingerprint density at radius 3 is 2.74 bits per heavy atom. The third-order valence-electron chi connectivity index (χ3n) is 4.95. The smallest absolute Gasteiger partial charge is 0.261 e. The van der Waals surface area contributed by atoms with Crippen molar-refractivity contribution >= 4 is 49.6 Å². The first kappa shape index (κ1) is 19.3. The first-order valence-corrected chi connectivity index (χ1v) is 10.9. The van der Waals surface area contributed by atoms with Crippen molar-refractivity contribution in [1.82, 2.24) is 20.5 Å². The number of H-pyrrole nitrogens is 1. The lowest BCUT2D eigenvalue weighted by atomic mass is 10.1. The van der Waals surface area contributed by atoms with Crippen LogP contribution in [0.2, 0.25) is 0 Å². The van der Waals surface area contributed by atoms with Crippen molar-refractivity contribution in [3.63, 3.8) is 0 Å². The van der Waals surface area contributed by atoms with E-state index < -0.39 is 0 Å². The highest BCUT2D eigenvalue weighted by Crippen LogP contribution is 2.31. The zero-order chi connectivity index (χ0) is 21.4. The lowest BCUT2D eigenvalue weighted by Crippen LogP contribution is -2.29. The molecule has 5 aromatic rings. The summed E-state index contributed by atoms with van der Waals surface area (Å²) < 4.78 is 1.07. The maximum absolute atomic E-state index is 12.3. The molecular weight excluding hydrogens is 406 g/mol. The van der Waals surface area contributed by atoms with Crippen LogP contribution in [-0.4, -0.2) is 27.1 Å². The Balaban J connectivity index is 1.42. The van der Waals surface area contributed by atoms with Gasteiger partial charge in [0.2, 0.25) is 0 Å². The van der Waals surface area contributed by atoms with Gasteiger partial charge in [-0.1, -0.05) is 12.1 Å². The molecule has 3 aromatic heterocycles. The number of rotatable bonds is 5. The molecule has 0 atom stereocenters. The van der Waals surface area contributed by atoms with Gasteiger partial charge in [0.05, 0.1) is 22.3 Å². The van der Waals surface area contributed by atoms with Crippen LogP contribution in [0.25, 0.3) is 32.2 Å². The van der Waals surface area contributed by atoms with Gasteiger partial charge in [0, 0.05) is 39.3 Å². The number of thiophene rings is 1. The van der Waals surface area contributed by atoms with Gasteiger partial charge in [-0.2, -0.15) is 5.10 Å². The number of hydrogen-bond donors (Lipinski definition) is 3. The van der Waals surface area contributed by atoms with Gasteiger partial charge in [-0.15, -0.1) is 11.3 Å². The monoisotopic (exact) mass is 427 g/mol. The number of pyridine rings is 1. The summed E-state index contributed by atoms with van der Waals surface area (Å²) in [7, 11) is 0. The number of aromatic nitrogens is 3. The summed E-state index contributed by atoms with van der Waals surface area (Å²) in [6.07, 6.45) is 3.61. The van der Waals surface area contributed by atoms with Crippen molar-refractivity contribution in [3.8, 4) is 11.3 Å². The van der Waals surface area contributed by atoms with Crippen molar-refractivity contribution in [2.24, 2.45) is 0 Å². The Morgan fingerprint density at radius 1 is 1.00 bits per heavy atom. The SMILES string of the molecule is CC(C)NC(=O)c1cc2ccc(-c3cc(Nc4ccc5[nH]ncc5c4)ccn3)cc2s1. The van der Waals surface area contributed by atoms with E-state index in [-0.39, 0.29) is 11.9 Å². The molecule has 0 spiro atoms. The largest absolute Gasteiger partial charge is 0.355 e. The summed E-state index contributed by atoms with van der Waals surface area (Å²) in [4.78, 5) is 17.6. The molecule has 3 heterocycles. The highest BCUT2D eigenvalue weighted by atomic mass is 32.1. The van der Waals surface area contributed by atoms with E-state index in [0.717, 1.165) is 48.5 Å². The molecule has 0 radical (unpaired) electrons. The van der Waals surface area contributed by atoms with Gasteiger partial charge in [-0.05, 0) is 61.7 Å². The van der Waals surface area contributed by atoms with Crippen LogP contribution in [0.15, 0.2) is 67.0 Å². The molecule has 6 nitrogen and oxygen atoms in total. The molecular formula is C24H21N5OS. The average Bonchev–Trinajstić information content (AvgIpc) is 3.39. The first-order chi connectivity index (χ1) is 15.0.